The largest absolute Gasteiger partial charge is 0.396 e. The minimum absolute atomic E-state index is 0.0812. The number of aliphatic hydroxyl groups excluding tert-OH is 2. The number of nitrogens with zero attached hydrogens (tertiary/aromatic N) is 1. The lowest BCUT2D eigenvalue weighted by molar-refractivity contribution is -0.0372. The van der Waals surface area contributed by atoms with E-state index < -0.39 is 0 Å². The Kier molecular flexibility index (Phi) is 5.98. The highest BCUT2D eigenvalue weighted by molar-refractivity contribution is 5.14. The van der Waals surface area contributed by atoms with E-state index in [1.807, 2.05) is 18.2 Å². The molecule has 1 aliphatic heterocycles. The molecule has 1 aliphatic rings. The van der Waals surface area contributed by atoms with Gasteiger partial charge in [0.15, 0.2) is 0 Å². The fourth-order valence-electron chi connectivity index (χ4n) is 2.84. The maximum atomic E-state index is 9.78. The number of benzene rings is 1. The van der Waals surface area contributed by atoms with Crippen molar-refractivity contribution in [2.24, 2.45) is 5.41 Å². The van der Waals surface area contributed by atoms with Crippen LogP contribution in [0.2, 0.25) is 0 Å². The van der Waals surface area contributed by atoms with E-state index in [1.165, 1.54) is 5.56 Å². The molecule has 0 saturated carbocycles. The molecule has 4 heteroatoms. The second kappa shape index (κ2) is 7.74. The van der Waals surface area contributed by atoms with Crippen molar-refractivity contribution in [1.82, 2.24) is 4.90 Å². The van der Waals surface area contributed by atoms with Crippen molar-refractivity contribution < 1.29 is 14.9 Å². The first-order chi connectivity index (χ1) is 9.78. The van der Waals surface area contributed by atoms with E-state index in [1.54, 1.807) is 0 Å². The molecule has 1 aromatic carbocycles. The molecule has 0 bridgehead atoms. The van der Waals surface area contributed by atoms with Gasteiger partial charge in [-0.05, 0) is 18.4 Å². The number of hydrogen-bond donors (Lipinski definition) is 2. The van der Waals surface area contributed by atoms with Crippen LogP contribution in [0.3, 0.4) is 0 Å². The summed E-state index contributed by atoms with van der Waals surface area (Å²) in [6.45, 7) is 4.03. The normalized spacial score (nSPS) is 18.4. The molecular formula is C16H25NO3. The van der Waals surface area contributed by atoms with Gasteiger partial charge in [-0.15, -0.1) is 0 Å². The zero-order valence-electron chi connectivity index (χ0n) is 12.0. The first-order valence-corrected chi connectivity index (χ1v) is 7.34. The van der Waals surface area contributed by atoms with E-state index in [0.717, 1.165) is 39.1 Å². The Morgan fingerprint density at radius 1 is 1.10 bits per heavy atom. The molecule has 0 unspecified atom stereocenters. The van der Waals surface area contributed by atoms with Gasteiger partial charge in [-0.1, -0.05) is 30.3 Å². The van der Waals surface area contributed by atoms with Crippen LogP contribution in [-0.4, -0.2) is 54.6 Å². The van der Waals surface area contributed by atoms with Gasteiger partial charge in [0.25, 0.3) is 0 Å². The number of hydrogen-bond acceptors (Lipinski definition) is 4. The fraction of sp³-hybridized carbons (Fsp3) is 0.625. The maximum absolute atomic E-state index is 9.78. The van der Waals surface area contributed by atoms with Crippen LogP contribution < -0.4 is 0 Å². The van der Waals surface area contributed by atoms with Crippen LogP contribution >= 0.6 is 0 Å². The predicted octanol–water partition coefficient (Wildman–Crippen LogP) is 1.27. The Morgan fingerprint density at radius 3 is 2.40 bits per heavy atom. The second-order valence-corrected chi connectivity index (χ2v) is 5.69. The van der Waals surface area contributed by atoms with Gasteiger partial charge in [-0.3, -0.25) is 4.90 Å². The summed E-state index contributed by atoms with van der Waals surface area (Å²) < 4.78 is 5.41. The van der Waals surface area contributed by atoms with Gasteiger partial charge in [0.2, 0.25) is 0 Å². The van der Waals surface area contributed by atoms with E-state index in [2.05, 4.69) is 17.0 Å². The summed E-state index contributed by atoms with van der Waals surface area (Å²) in [6.07, 6.45) is 1.78. The zero-order valence-corrected chi connectivity index (χ0v) is 12.0. The molecular weight excluding hydrogens is 254 g/mol. The van der Waals surface area contributed by atoms with Crippen molar-refractivity contribution >= 4 is 0 Å². The summed E-state index contributed by atoms with van der Waals surface area (Å²) >= 11 is 0. The topological polar surface area (TPSA) is 52.9 Å². The van der Waals surface area contributed by atoms with Gasteiger partial charge in [-0.25, -0.2) is 0 Å². The highest BCUT2D eigenvalue weighted by Gasteiger charge is 2.33. The summed E-state index contributed by atoms with van der Waals surface area (Å²) in [5.74, 6) is 0. The highest BCUT2D eigenvalue weighted by Crippen LogP contribution is 2.31. The molecule has 0 radical (unpaired) electrons. The average molecular weight is 279 g/mol. The third kappa shape index (κ3) is 4.28. The zero-order chi connectivity index (χ0) is 14.3. The number of ether oxygens (including phenoxy) is 1. The maximum Gasteiger partial charge on any atom is 0.0558 e. The minimum atomic E-state index is -0.0812. The lowest BCUT2D eigenvalue weighted by atomic mass is 9.80. The standard InChI is InChI=1S/C16H25NO3/c18-9-8-17(12-15-4-2-1-3-5-15)13-16(14-19)6-10-20-11-7-16/h1-5,18-19H,6-14H2. The van der Waals surface area contributed by atoms with Gasteiger partial charge in [0.05, 0.1) is 13.2 Å². The van der Waals surface area contributed by atoms with Gasteiger partial charge < -0.3 is 14.9 Å². The first-order valence-electron chi connectivity index (χ1n) is 7.34. The molecule has 4 nitrogen and oxygen atoms in total. The van der Waals surface area contributed by atoms with Crippen LogP contribution in [0, 0.1) is 5.41 Å². The SMILES string of the molecule is OCCN(Cc1ccccc1)CC1(CO)CCOCC1. The molecule has 20 heavy (non-hydrogen) atoms. The lowest BCUT2D eigenvalue weighted by Gasteiger charge is -2.39. The Labute approximate surface area is 121 Å². The summed E-state index contributed by atoms with van der Waals surface area (Å²) in [5, 5.41) is 19.1. The van der Waals surface area contributed by atoms with Crippen LogP contribution in [-0.2, 0) is 11.3 Å². The van der Waals surface area contributed by atoms with Crippen molar-refractivity contribution in [3.63, 3.8) is 0 Å². The van der Waals surface area contributed by atoms with E-state index in [0.29, 0.717) is 6.54 Å². The molecule has 1 fully saturated rings. The summed E-state index contributed by atoms with van der Waals surface area (Å²) in [7, 11) is 0. The minimum Gasteiger partial charge on any atom is -0.396 e. The molecule has 1 saturated heterocycles. The highest BCUT2D eigenvalue weighted by atomic mass is 16.5. The molecule has 0 aromatic heterocycles. The third-order valence-electron chi connectivity index (χ3n) is 4.11. The Bertz CT molecular complexity index is 377. The number of rotatable bonds is 7. The van der Waals surface area contributed by atoms with Crippen LogP contribution in [0.1, 0.15) is 18.4 Å². The Morgan fingerprint density at radius 2 is 1.80 bits per heavy atom. The molecule has 0 aliphatic carbocycles. The molecule has 0 atom stereocenters. The molecule has 2 rings (SSSR count). The predicted molar refractivity (Wildman–Crippen MR) is 78.4 cm³/mol. The quantitative estimate of drug-likeness (QED) is 0.789. The Hall–Kier alpha value is -0.940. The van der Waals surface area contributed by atoms with Gasteiger partial charge >= 0.3 is 0 Å². The molecule has 1 aromatic rings. The first kappa shape index (κ1) is 15.4. The molecule has 2 N–H and O–H groups in total. The summed E-state index contributed by atoms with van der Waals surface area (Å²) in [5.41, 5.74) is 1.16. The monoisotopic (exact) mass is 279 g/mol. The average Bonchev–Trinajstić information content (AvgIpc) is 2.49. The lowest BCUT2D eigenvalue weighted by Crippen LogP contribution is -2.44. The molecule has 0 amide bonds. The van der Waals surface area contributed by atoms with Gasteiger partial charge in [-0.2, -0.15) is 0 Å². The molecule has 112 valence electrons. The van der Waals surface area contributed by atoms with Crippen molar-refractivity contribution in [3.8, 4) is 0 Å². The van der Waals surface area contributed by atoms with E-state index in [4.69, 9.17) is 4.74 Å². The summed E-state index contributed by atoms with van der Waals surface area (Å²) in [6, 6.07) is 10.3. The molecule has 1 heterocycles. The Balaban J connectivity index is 2.00. The van der Waals surface area contributed by atoms with Crippen molar-refractivity contribution in [3.05, 3.63) is 35.9 Å². The van der Waals surface area contributed by atoms with E-state index in [-0.39, 0.29) is 18.6 Å². The number of aliphatic hydroxyl groups is 2. The summed E-state index contributed by atoms with van der Waals surface area (Å²) in [4.78, 5) is 2.23. The van der Waals surface area contributed by atoms with Crippen molar-refractivity contribution in [2.75, 3.05) is 39.5 Å². The molecule has 0 spiro atoms. The van der Waals surface area contributed by atoms with Crippen molar-refractivity contribution in [2.45, 2.75) is 19.4 Å². The third-order valence-corrected chi connectivity index (χ3v) is 4.11. The van der Waals surface area contributed by atoms with E-state index in [9.17, 15) is 10.2 Å². The smallest absolute Gasteiger partial charge is 0.0558 e. The van der Waals surface area contributed by atoms with Crippen LogP contribution in [0.4, 0.5) is 0 Å². The van der Waals surface area contributed by atoms with Crippen LogP contribution in [0.25, 0.3) is 0 Å². The second-order valence-electron chi connectivity index (χ2n) is 5.69. The van der Waals surface area contributed by atoms with Crippen molar-refractivity contribution in [1.29, 1.82) is 0 Å². The van der Waals surface area contributed by atoms with Gasteiger partial charge in [0, 0.05) is 38.3 Å². The van der Waals surface area contributed by atoms with Gasteiger partial charge in [0.1, 0.15) is 0 Å². The fourth-order valence-corrected chi connectivity index (χ4v) is 2.84. The van der Waals surface area contributed by atoms with Crippen LogP contribution in [0.5, 0.6) is 0 Å². The van der Waals surface area contributed by atoms with E-state index >= 15 is 0 Å². The van der Waals surface area contributed by atoms with Crippen LogP contribution in [0.15, 0.2) is 30.3 Å².